The van der Waals surface area contributed by atoms with E-state index >= 15 is 0 Å². The average molecular weight is 365 g/mol. The number of aliphatic hydroxyl groups excluding tert-OH is 1. The second-order valence-corrected chi connectivity index (χ2v) is 6.74. The van der Waals surface area contributed by atoms with Gasteiger partial charge in [-0.2, -0.15) is 0 Å². The molecule has 0 fully saturated rings. The number of carbonyl (C=O) groups excluding carboxylic acids is 1. The van der Waals surface area contributed by atoms with Crippen LogP contribution in [0.5, 0.6) is 5.75 Å². The lowest BCUT2D eigenvalue weighted by Crippen LogP contribution is -2.18. The molecular weight excluding hydrogens is 334 g/mol. The van der Waals surface area contributed by atoms with Crippen molar-refractivity contribution in [1.82, 2.24) is 4.98 Å². The van der Waals surface area contributed by atoms with Crippen molar-refractivity contribution in [3.63, 3.8) is 0 Å². The molecule has 0 amide bonds. The van der Waals surface area contributed by atoms with Crippen LogP contribution < -0.4 is 4.74 Å². The van der Waals surface area contributed by atoms with Gasteiger partial charge in [0.2, 0.25) is 0 Å². The van der Waals surface area contributed by atoms with Crippen LogP contribution in [-0.2, 0) is 9.59 Å². The molecule has 0 aliphatic rings. The molecule has 0 aromatic carbocycles. The first kappa shape index (κ1) is 22.1. The number of ketones is 1. The Labute approximate surface area is 155 Å². The number of nitrogens with zero attached hydrogens (tertiary/aromatic N) is 1. The highest BCUT2D eigenvalue weighted by Crippen LogP contribution is 2.19. The minimum absolute atomic E-state index is 0.0286. The molecule has 1 heterocycles. The standard InChI is InChI=1S/C20H31NO5/c1-16(22)17(8-4-2-3-5-12-20(24)25)9-6-10-18(23)15-26-19-11-7-13-21-14-19/h7,11,13-14,17-18,23H,2-6,8-10,12,15H2,1H3,(H,24,25). The van der Waals surface area contributed by atoms with Gasteiger partial charge in [-0.05, 0) is 44.7 Å². The van der Waals surface area contributed by atoms with Crippen LogP contribution in [0.2, 0.25) is 0 Å². The summed E-state index contributed by atoms with van der Waals surface area (Å²) in [6.07, 6.45) is 9.41. The Hall–Kier alpha value is -1.95. The van der Waals surface area contributed by atoms with E-state index in [1.807, 2.05) is 0 Å². The maximum absolute atomic E-state index is 11.8. The Balaban J connectivity index is 2.14. The summed E-state index contributed by atoms with van der Waals surface area (Å²) < 4.78 is 5.47. The van der Waals surface area contributed by atoms with Crippen LogP contribution in [0.3, 0.4) is 0 Å². The number of unbranched alkanes of at least 4 members (excludes halogenated alkanes) is 3. The first-order chi connectivity index (χ1) is 12.5. The molecule has 2 atom stereocenters. The smallest absolute Gasteiger partial charge is 0.303 e. The largest absolute Gasteiger partial charge is 0.489 e. The predicted molar refractivity (Wildman–Crippen MR) is 99.1 cm³/mol. The second-order valence-electron chi connectivity index (χ2n) is 6.74. The number of ether oxygens (including phenoxy) is 1. The second kappa shape index (κ2) is 13.3. The number of pyridine rings is 1. The van der Waals surface area contributed by atoms with Crippen LogP contribution in [0.4, 0.5) is 0 Å². The van der Waals surface area contributed by atoms with Crippen molar-refractivity contribution in [1.29, 1.82) is 0 Å². The van der Waals surface area contributed by atoms with Crippen molar-refractivity contribution in [3.8, 4) is 5.75 Å². The predicted octanol–water partition coefficient (Wildman–Crippen LogP) is 3.62. The molecule has 0 aliphatic carbocycles. The third kappa shape index (κ3) is 10.8. The molecule has 2 N–H and O–H groups in total. The third-order valence-electron chi connectivity index (χ3n) is 4.43. The van der Waals surface area contributed by atoms with Crippen molar-refractivity contribution >= 4 is 11.8 Å². The number of carboxylic acid groups (broad SMARTS) is 1. The maximum Gasteiger partial charge on any atom is 0.303 e. The van der Waals surface area contributed by atoms with Gasteiger partial charge in [0, 0.05) is 18.5 Å². The molecule has 0 saturated carbocycles. The van der Waals surface area contributed by atoms with E-state index < -0.39 is 12.1 Å². The molecule has 0 spiro atoms. The van der Waals surface area contributed by atoms with Gasteiger partial charge in [-0.25, -0.2) is 0 Å². The molecule has 146 valence electrons. The van der Waals surface area contributed by atoms with Gasteiger partial charge in [0.05, 0.1) is 12.3 Å². The van der Waals surface area contributed by atoms with E-state index in [4.69, 9.17) is 9.84 Å². The number of rotatable bonds is 15. The Morgan fingerprint density at radius 3 is 2.50 bits per heavy atom. The fraction of sp³-hybridized carbons (Fsp3) is 0.650. The molecule has 0 radical (unpaired) electrons. The van der Waals surface area contributed by atoms with Crippen LogP contribution in [0.1, 0.15) is 64.7 Å². The fourth-order valence-electron chi connectivity index (χ4n) is 2.88. The van der Waals surface area contributed by atoms with Gasteiger partial charge in [-0.15, -0.1) is 0 Å². The van der Waals surface area contributed by atoms with E-state index in [1.54, 1.807) is 31.5 Å². The zero-order valence-electron chi connectivity index (χ0n) is 15.6. The zero-order valence-corrected chi connectivity index (χ0v) is 15.6. The molecular formula is C20H31NO5. The number of aliphatic hydroxyl groups is 1. The number of carbonyl (C=O) groups is 2. The van der Waals surface area contributed by atoms with E-state index in [0.29, 0.717) is 18.6 Å². The number of aliphatic carboxylic acids is 1. The minimum atomic E-state index is -0.752. The molecule has 0 saturated heterocycles. The highest BCUT2D eigenvalue weighted by atomic mass is 16.5. The van der Waals surface area contributed by atoms with E-state index in [0.717, 1.165) is 38.5 Å². The summed E-state index contributed by atoms with van der Waals surface area (Å²) >= 11 is 0. The monoisotopic (exact) mass is 365 g/mol. The van der Waals surface area contributed by atoms with E-state index in [9.17, 15) is 14.7 Å². The van der Waals surface area contributed by atoms with E-state index in [-0.39, 0.29) is 24.7 Å². The van der Waals surface area contributed by atoms with Crippen molar-refractivity contribution < 1.29 is 24.5 Å². The molecule has 26 heavy (non-hydrogen) atoms. The normalized spacial score (nSPS) is 13.2. The summed E-state index contributed by atoms with van der Waals surface area (Å²) in [4.78, 5) is 26.2. The van der Waals surface area contributed by atoms with Crippen LogP contribution in [-0.4, -0.2) is 39.7 Å². The first-order valence-corrected chi connectivity index (χ1v) is 9.42. The topological polar surface area (TPSA) is 96.7 Å². The number of aromatic nitrogens is 1. The van der Waals surface area contributed by atoms with Crippen LogP contribution in [0.25, 0.3) is 0 Å². The Bertz CT molecular complexity index is 520. The highest BCUT2D eigenvalue weighted by Gasteiger charge is 2.15. The number of hydrogen-bond acceptors (Lipinski definition) is 5. The third-order valence-corrected chi connectivity index (χ3v) is 4.43. The zero-order chi connectivity index (χ0) is 19.2. The fourth-order valence-corrected chi connectivity index (χ4v) is 2.88. The maximum atomic E-state index is 11.8. The van der Waals surface area contributed by atoms with Gasteiger partial charge < -0.3 is 14.9 Å². The Morgan fingerprint density at radius 2 is 1.85 bits per heavy atom. The minimum Gasteiger partial charge on any atom is -0.489 e. The van der Waals surface area contributed by atoms with Crippen LogP contribution >= 0.6 is 0 Å². The van der Waals surface area contributed by atoms with Gasteiger partial charge in [0.1, 0.15) is 18.1 Å². The van der Waals surface area contributed by atoms with Gasteiger partial charge in [-0.1, -0.05) is 25.7 Å². The van der Waals surface area contributed by atoms with Gasteiger partial charge in [0.25, 0.3) is 0 Å². The Morgan fingerprint density at radius 1 is 1.12 bits per heavy atom. The average Bonchev–Trinajstić information content (AvgIpc) is 2.61. The molecule has 1 rings (SSSR count). The summed E-state index contributed by atoms with van der Waals surface area (Å²) in [6.45, 7) is 1.84. The van der Waals surface area contributed by atoms with Crippen LogP contribution in [0, 0.1) is 5.92 Å². The molecule has 2 unspecified atom stereocenters. The summed E-state index contributed by atoms with van der Waals surface area (Å²) in [5.74, 6) is 0.103. The Kier molecular flexibility index (Phi) is 11.3. The molecule has 0 aliphatic heterocycles. The quantitative estimate of drug-likeness (QED) is 0.461. The number of carboxylic acids is 1. The van der Waals surface area contributed by atoms with Crippen molar-refractivity contribution in [2.75, 3.05) is 6.61 Å². The van der Waals surface area contributed by atoms with Crippen molar-refractivity contribution in [2.24, 2.45) is 5.92 Å². The summed E-state index contributed by atoms with van der Waals surface area (Å²) in [6, 6.07) is 3.57. The van der Waals surface area contributed by atoms with Crippen LogP contribution in [0.15, 0.2) is 24.5 Å². The van der Waals surface area contributed by atoms with Gasteiger partial charge in [-0.3, -0.25) is 14.6 Å². The van der Waals surface area contributed by atoms with Crippen molar-refractivity contribution in [2.45, 2.75) is 70.8 Å². The first-order valence-electron chi connectivity index (χ1n) is 9.42. The number of hydrogen-bond donors (Lipinski definition) is 2. The molecule has 1 aromatic heterocycles. The molecule has 1 aromatic rings. The summed E-state index contributed by atoms with van der Waals surface area (Å²) in [5.41, 5.74) is 0. The summed E-state index contributed by atoms with van der Waals surface area (Å²) in [7, 11) is 0. The lowest BCUT2D eigenvalue weighted by Gasteiger charge is -2.16. The lowest BCUT2D eigenvalue weighted by molar-refractivity contribution is -0.137. The number of Topliss-reactive ketones (excluding diaryl/α,β-unsaturated/α-hetero) is 1. The van der Waals surface area contributed by atoms with Gasteiger partial charge in [0.15, 0.2) is 0 Å². The molecule has 6 nitrogen and oxygen atoms in total. The van der Waals surface area contributed by atoms with Crippen molar-refractivity contribution in [3.05, 3.63) is 24.5 Å². The van der Waals surface area contributed by atoms with E-state index in [1.165, 1.54) is 0 Å². The molecule has 0 bridgehead atoms. The lowest BCUT2D eigenvalue weighted by atomic mass is 9.91. The molecule has 6 heteroatoms. The van der Waals surface area contributed by atoms with E-state index in [2.05, 4.69) is 4.98 Å². The summed E-state index contributed by atoms with van der Waals surface area (Å²) in [5, 5.41) is 18.6. The SMILES string of the molecule is CC(=O)C(CCCCCCC(=O)O)CCCC(O)COc1cccnc1. The van der Waals surface area contributed by atoms with Gasteiger partial charge >= 0.3 is 5.97 Å². The highest BCUT2D eigenvalue weighted by molar-refractivity contribution is 5.78.